The van der Waals surface area contributed by atoms with Gasteiger partial charge in [-0.3, -0.25) is 4.79 Å². The van der Waals surface area contributed by atoms with Crippen molar-refractivity contribution < 1.29 is 19.2 Å². The van der Waals surface area contributed by atoms with Crippen LogP contribution in [0.1, 0.15) is 26.7 Å². The number of ether oxygens (including phenoxy) is 1. The number of amides is 2. The number of hydrogen-bond acceptors (Lipinski definition) is 4. The van der Waals surface area contributed by atoms with Crippen LogP contribution in [0.15, 0.2) is 0 Å². The van der Waals surface area contributed by atoms with E-state index in [4.69, 9.17) is 9.57 Å². The van der Waals surface area contributed by atoms with Gasteiger partial charge in [0.05, 0.1) is 13.2 Å². The number of nitrogens with one attached hydrogen (secondary N) is 1. The molecule has 6 nitrogen and oxygen atoms in total. The molecule has 6 heteroatoms. The van der Waals surface area contributed by atoms with Gasteiger partial charge < -0.3 is 4.74 Å². The first-order chi connectivity index (χ1) is 6.76. The summed E-state index contributed by atoms with van der Waals surface area (Å²) in [5, 5.41) is 0.687. The van der Waals surface area contributed by atoms with E-state index in [2.05, 4.69) is 5.43 Å². The fourth-order valence-electron chi connectivity index (χ4n) is 0.621. The predicted octanol–water partition coefficient (Wildman–Crippen LogP) is 0.838. The van der Waals surface area contributed by atoms with Crippen LogP contribution < -0.4 is 5.43 Å². The molecule has 82 valence electrons. The zero-order chi connectivity index (χ0) is 10.8. The Hall–Kier alpha value is -1.30. The van der Waals surface area contributed by atoms with Crippen molar-refractivity contribution >= 4 is 12.5 Å². The maximum absolute atomic E-state index is 11.2. The van der Waals surface area contributed by atoms with E-state index in [9.17, 15) is 9.59 Å². The molecule has 0 bridgehead atoms. The van der Waals surface area contributed by atoms with Crippen molar-refractivity contribution in [3.05, 3.63) is 0 Å². The van der Waals surface area contributed by atoms with Crippen LogP contribution in [0.5, 0.6) is 0 Å². The van der Waals surface area contributed by atoms with Gasteiger partial charge in [0.1, 0.15) is 0 Å². The Kier molecular flexibility index (Phi) is 7.53. The lowest BCUT2D eigenvalue weighted by Crippen LogP contribution is -2.42. The number of hydrogen-bond donors (Lipinski definition) is 1. The van der Waals surface area contributed by atoms with Crippen molar-refractivity contribution in [2.24, 2.45) is 0 Å². The molecule has 0 spiro atoms. The summed E-state index contributed by atoms with van der Waals surface area (Å²) >= 11 is 0. The van der Waals surface area contributed by atoms with E-state index in [1.165, 1.54) is 0 Å². The number of rotatable bonds is 7. The normalized spacial score (nSPS) is 9.29. The van der Waals surface area contributed by atoms with Crippen molar-refractivity contribution in [1.29, 1.82) is 0 Å². The second kappa shape index (κ2) is 8.31. The SMILES string of the molecule is CCCOC(=O)N(NC=O)OCCC. The second-order valence-electron chi connectivity index (χ2n) is 2.49. The first kappa shape index (κ1) is 12.7. The van der Waals surface area contributed by atoms with Gasteiger partial charge in [0.15, 0.2) is 0 Å². The molecule has 0 aromatic carbocycles. The maximum atomic E-state index is 11.2. The Morgan fingerprint density at radius 2 is 2.00 bits per heavy atom. The van der Waals surface area contributed by atoms with Gasteiger partial charge in [-0.15, -0.1) is 0 Å². The number of carbonyl (C=O) groups excluding carboxylic acids is 2. The summed E-state index contributed by atoms with van der Waals surface area (Å²) in [5.74, 6) is 0. The van der Waals surface area contributed by atoms with Gasteiger partial charge in [0, 0.05) is 0 Å². The molecule has 0 heterocycles. The summed E-state index contributed by atoms with van der Waals surface area (Å²) in [6.07, 6.45) is 1.09. The Morgan fingerprint density at radius 1 is 1.36 bits per heavy atom. The first-order valence-corrected chi connectivity index (χ1v) is 4.55. The summed E-state index contributed by atoms with van der Waals surface area (Å²) < 4.78 is 4.74. The summed E-state index contributed by atoms with van der Waals surface area (Å²) in [7, 11) is 0. The third kappa shape index (κ3) is 5.36. The van der Waals surface area contributed by atoms with E-state index in [1.807, 2.05) is 13.8 Å². The molecule has 0 fully saturated rings. The summed E-state index contributed by atoms with van der Waals surface area (Å²) in [4.78, 5) is 26.2. The lowest BCUT2D eigenvalue weighted by atomic mass is 10.5. The van der Waals surface area contributed by atoms with Crippen molar-refractivity contribution in [1.82, 2.24) is 10.6 Å². The molecule has 0 atom stereocenters. The van der Waals surface area contributed by atoms with Crippen molar-refractivity contribution in [3.63, 3.8) is 0 Å². The zero-order valence-electron chi connectivity index (χ0n) is 8.49. The zero-order valence-corrected chi connectivity index (χ0v) is 8.49. The van der Waals surface area contributed by atoms with E-state index < -0.39 is 6.09 Å². The molecular formula is C8H16N2O4. The fourth-order valence-corrected chi connectivity index (χ4v) is 0.621. The Labute approximate surface area is 83.1 Å². The molecule has 0 aromatic rings. The Morgan fingerprint density at radius 3 is 2.50 bits per heavy atom. The highest BCUT2D eigenvalue weighted by molar-refractivity contribution is 5.67. The molecular weight excluding hydrogens is 188 g/mol. The van der Waals surface area contributed by atoms with Gasteiger partial charge in [-0.25, -0.2) is 15.1 Å². The van der Waals surface area contributed by atoms with Crippen LogP contribution in [0.25, 0.3) is 0 Å². The van der Waals surface area contributed by atoms with Crippen molar-refractivity contribution in [3.8, 4) is 0 Å². The van der Waals surface area contributed by atoms with Crippen molar-refractivity contribution in [2.75, 3.05) is 13.2 Å². The summed E-state index contributed by atoms with van der Waals surface area (Å²) in [6, 6.07) is 0. The van der Waals surface area contributed by atoms with Crippen LogP contribution in [-0.2, 0) is 14.4 Å². The number of carbonyl (C=O) groups is 2. The molecule has 0 aliphatic heterocycles. The first-order valence-electron chi connectivity index (χ1n) is 4.55. The average molecular weight is 204 g/mol. The molecule has 2 amide bonds. The Balaban J connectivity index is 3.90. The van der Waals surface area contributed by atoms with Crippen LogP contribution in [0.2, 0.25) is 0 Å². The minimum atomic E-state index is -0.715. The fraction of sp³-hybridized carbons (Fsp3) is 0.750. The second-order valence-corrected chi connectivity index (χ2v) is 2.49. The highest BCUT2D eigenvalue weighted by Crippen LogP contribution is 1.93. The smallest absolute Gasteiger partial charge is 0.447 e. The molecule has 0 aliphatic rings. The maximum Gasteiger partial charge on any atom is 0.454 e. The summed E-state index contributed by atoms with van der Waals surface area (Å²) in [6.45, 7) is 4.39. The minimum absolute atomic E-state index is 0.297. The van der Waals surface area contributed by atoms with Gasteiger partial charge in [0.25, 0.3) is 0 Å². The van der Waals surface area contributed by atoms with Gasteiger partial charge in [-0.2, -0.15) is 0 Å². The third-order valence-corrected chi connectivity index (χ3v) is 1.19. The number of hydroxylamine groups is 1. The predicted molar refractivity (Wildman–Crippen MR) is 48.9 cm³/mol. The molecule has 0 saturated heterocycles. The van der Waals surface area contributed by atoms with Crippen LogP contribution in [0.3, 0.4) is 0 Å². The van der Waals surface area contributed by atoms with Crippen LogP contribution >= 0.6 is 0 Å². The lowest BCUT2D eigenvalue weighted by molar-refractivity contribution is -0.172. The van der Waals surface area contributed by atoms with Gasteiger partial charge in [-0.05, 0) is 12.8 Å². The summed E-state index contributed by atoms with van der Waals surface area (Å²) in [5.41, 5.74) is 2.08. The van der Waals surface area contributed by atoms with E-state index in [1.54, 1.807) is 0 Å². The van der Waals surface area contributed by atoms with Gasteiger partial charge >= 0.3 is 6.09 Å². The van der Waals surface area contributed by atoms with E-state index in [-0.39, 0.29) is 0 Å². The molecule has 1 N–H and O–H groups in total. The van der Waals surface area contributed by atoms with Crippen LogP contribution in [-0.4, -0.2) is 30.9 Å². The van der Waals surface area contributed by atoms with E-state index in [0.717, 1.165) is 6.42 Å². The molecule has 0 aromatic heterocycles. The molecule has 0 saturated carbocycles. The molecule has 14 heavy (non-hydrogen) atoms. The minimum Gasteiger partial charge on any atom is -0.447 e. The molecule has 0 aliphatic carbocycles. The lowest BCUT2D eigenvalue weighted by Gasteiger charge is -2.18. The number of hydrazine groups is 1. The topological polar surface area (TPSA) is 67.9 Å². The highest BCUT2D eigenvalue weighted by atomic mass is 16.8. The van der Waals surface area contributed by atoms with E-state index >= 15 is 0 Å². The standard InChI is InChI=1S/C8H16N2O4/c1-3-5-13-8(12)10(9-7-11)14-6-4-2/h7H,3-6H2,1-2H3,(H,9,11). The Bertz CT molecular complexity index is 175. The highest BCUT2D eigenvalue weighted by Gasteiger charge is 2.14. The quantitative estimate of drug-likeness (QED) is 0.493. The van der Waals surface area contributed by atoms with Gasteiger partial charge in [0.2, 0.25) is 6.41 Å². The molecule has 0 unspecified atom stereocenters. The largest absolute Gasteiger partial charge is 0.454 e. The van der Waals surface area contributed by atoms with Crippen molar-refractivity contribution in [2.45, 2.75) is 26.7 Å². The third-order valence-electron chi connectivity index (χ3n) is 1.19. The molecule has 0 radical (unpaired) electrons. The van der Waals surface area contributed by atoms with Crippen LogP contribution in [0, 0.1) is 0 Å². The molecule has 0 rings (SSSR count). The van der Waals surface area contributed by atoms with Gasteiger partial charge in [-0.1, -0.05) is 19.0 Å². The van der Waals surface area contributed by atoms with E-state index in [0.29, 0.717) is 31.2 Å². The van der Waals surface area contributed by atoms with Crippen LogP contribution in [0.4, 0.5) is 4.79 Å². The number of nitrogens with zero attached hydrogens (tertiary/aromatic N) is 1. The average Bonchev–Trinajstić information content (AvgIpc) is 2.20. The monoisotopic (exact) mass is 204 g/mol.